The van der Waals surface area contributed by atoms with Crippen LogP contribution in [0.3, 0.4) is 0 Å². The SMILES string of the molecule is C=C(C)C(=O)O.O=S1(=O)CCCCN1. The molecule has 0 aromatic carbocycles. The molecule has 1 rings (SSSR count). The molecule has 82 valence electrons. The zero-order valence-electron chi connectivity index (χ0n) is 8.12. The van der Waals surface area contributed by atoms with Crippen LogP contribution < -0.4 is 4.72 Å². The zero-order valence-corrected chi connectivity index (χ0v) is 8.93. The molecule has 0 aromatic heterocycles. The summed E-state index contributed by atoms with van der Waals surface area (Å²) >= 11 is 0. The van der Waals surface area contributed by atoms with Gasteiger partial charge in [0.1, 0.15) is 0 Å². The van der Waals surface area contributed by atoms with E-state index in [-0.39, 0.29) is 5.57 Å². The quantitative estimate of drug-likeness (QED) is 0.626. The van der Waals surface area contributed by atoms with Crippen molar-refractivity contribution in [2.75, 3.05) is 12.3 Å². The van der Waals surface area contributed by atoms with Gasteiger partial charge in [0.25, 0.3) is 0 Å². The van der Waals surface area contributed by atoms with Crippen molar-refractivity contribution in [2.24, 2.45) is 0 Å². The molecule has 1 heterocycles. The van der Waals surface area contributed by atoms with E-state index in [0.717, 1.165) is 12.8 Å². The summed E-state index contributed by atoms with van der Waals surface area (Å²) in [5, 5.41) is 7.89. The Morgan fingerprint density at radius 1 is 1.43 bits per heavy atom. The van der Waals surface area contributed by atoms with Gasteiger partial charge in [0.2, 0.25) is 10.0 Å². The van der Waals surface area contributed by atoms with Crippen molar-refractivity contribution in [1.82, 2.24) is 4.72 Å². The molecule has 1 aliphatic heterocycles. The summed E-state index contributed by atoms with van der Waals surface area (Å²) in [6.45, 7) is 5.23. The van der Waals surface area contributed by atoms with E-state index in [1.165, 1.54) is 6.92 Å². The predicted molar refractivity (Wildman–Crippen MR) is 53.5 cm³/mol. The first kappa shape index (κ1) is 13.1. The molecule has 0 unspecified atom stereocenters. The van der Waals surface area contributed by atoms with E-state index in [9.17, 15) is 13.2 Å². The maximum Gasteiger partial charge on any atom is 0.330 e. The Bertz CT molecular complexity index is 283. The maximum absolute atomic E-state index is 10.5. The number of carbonyl (C=O) groups is 1. The minimum Gasteiger partial charge on any atom is -0.478 e. The fraction of sp³-hybridized carbons (Fsp3) is 0.625. The van der Waals surface area contributed by atoms with Crippen molar-refractivity contribution in [3.8, 4) is 0 Å². The summed E-state index contributed by atoms with van der Waals surface area (Å²) in [4.78, 5) is 9.60. The van der Waals surface area contributed by atoms with Gasteiger partial charge < -0.3 is 5.11 Å². The highest BCUT2D eigenvalue weighted by Gasteiger charge is 2.12. The lowest BCUT2D eigenvalue weighted by molar-refractivity contribution is -0.132. The summed E-state index contributed by atoms with van der Waals surface area (Å²) < 4.78 is 23.5. The van der Waals surface area contributed by atoms with Gasteiger partial charge in [-0.05, 0) is 19.8 Å². The molecule has 14 heavy (non-hydrogen) atoms. The second kappa shape index (κ2) is 5.77. The van der Waals surface area contributed by atoms with Gasteiger partial charge >= 0.3 is 5.97 Å². The van der Waals surface area contributed by atoms with E-state index in [1.807, 2.05) is 0 Å². The number of hydrogen-bond donors (Lipinski definition) is 2. The molecule has 0 radical (unpaired) electrons. The molecule has 6 heteroatoms. The second-order valence-corrected chi connectivity index (χ2v) is 4.93. The molecule has 0 saturated carbocycles. The Morgan fingerprint density at radius 3 is 2.07 bits per heavy atom. The zero-order chi connectivity index (χ0) is 11.2. The van der Waals surface area contributed by atoms with Gasteiger partial charge in [-0.25, -0.2) is 17.9 Å². The van der Waals surface area contributed by atoms with Gasteiger partial charge in [-0.15, -0.1) is 0 Å². The van der Waals surface area contributed by atoms with Gasteiger partial charge in [-0.1, -0.05) is 6.58 Å². The molecule has 0 spiro atoms. The Labute approximate surface area is 83.9 Å². The van der Waals surface area contributed by atoms with Gasteiger partial charge in [0.05, 0.1) is 5.75 Å². The Kier molecular flexibility index (Phi) is 5.40. The fourth-order valence-electron chi connectivity index (χ4n) is 0.717. The Balaban J connectivity index is 0.000000255. The molecule has 1 aliphatic rings. The lowest BCUT2D eigenvalue weighted by atomic mass is 10.3. The summed E-state index contributed by atoms with van der Waals surface area (Å²) in [7, 11) is -2.83. The average molecular weight is 221 g/mol. The van der Waals surface area contributed by atoms with E-state index in [2.05, 4.69) is 11.3 Å². The van der Waals surface area contributed by atoms with Crippen molar-refractivity contribution >= 4 is 16.0 Å². The van der Waals surface area contributed by atoms with Crippen molar-refractivity contribution < 1.29 is 18.3 Å². The highest BCUT2D eigenvalue weighted by atomic mass is 32.2. The normalized spacial score (nSPS) is 18.9. The van der Waals surface area contributed by atoms with Crippen molar-refractivity contribution in [3.63, 3.8) is 0 Å². The first-order valence-corrected chi connectivity index (χ1v) is 5.86. The van der Waals surface area contributed by atoms with Crippen LogP contribution in [0.5, 0.6) is 0 Å². The lowest BCUT2D eigenvalue weighted by Crippen LogP contribution is -2.31. The molecular weight excluding hydrogens is 206 g/mol. The van der Waals surface area contributed by atoms with Gasteiger partial charge in [-0.3, -0.25) is 0 Å². The molecular formula is C8H15NO4S. The number of carboxylic acids is 1. The van der Waals surface area contributed by atoms with Crippen LogP contribution in [0.2, 0.25) is 0 Å². The van der Waals surface area contributed by atoms with Gasteiger partial charge in [0, 0.05) is 12.1 Å². The van der Waals surface area contributed by atoms with Crippen LogP contribution in [0.15, 0.2) is 12.2 Å². The largest absolute Gasteiger partial charge is 0.478 e. The Morgan fingerprint density at radius 2 is 1.93 bits per heavy atom. The summed E-state index contributed by atoms with van der Waals surface area (Å²) in [6, 6.07) is 0. The van der Waals surface area contributed by atoms with Crippen LogP contribution in [0.25, 0.3) is 0 Å². The number of rotatable bonds is 1. The minimum atomic E-state index is -2.83. The number of hydrogen-bond acceptors (Lipinski definition) is 3. The fourth-order valence-corrected chi connectivity index (χ4v) is 1.90. The first-order valence-electron chi connectivity index (χ1n) is 4.21. The van der Waals surface area contributed by atoms with Crippen LogP contribution in [0.4, 0.5) is 0 Å². The van der Waals surface area contributed by atoms with Gasteiger partial charge in [0.15, 0.2) is 0 Å². The lowest BCUT2D eigenvalue weighted by Gasteiger charge is -2.10. The molecule has 0 atom stereocenters. The summed E-state index contributed by atoms with van der Waals surface area (Å²) in [5.74, 6) is -0.623. The van der Waals surface area contributed by atoms with E-state index in [4.69, 9.17) is 5.11 Å². The molecule has 0 aliphatic carbocycles. The maximum atomic E-state index is 10.5. The summed E-state index contributed by atoms with van der Waals surface area (Å²) in [6.07, 6.45) is 1.80. The monoisotopic (exact) mass is 221 g/mol. The van der Waals surface area contributed by atoms with Crippen LogP contribution >= 0.6 is 0 Å². The number of aliphatic carboxylic acids is 1. The van der Waals surface area contributed by atoms with Crippen LogP contribution in [-0.2, 0) is 14.8 Å². The smallest absolute Gasteiger partial charge is 0.330 e. The van der Waals surface area contributed by atoms with Crippen molar-refractivity contribution in [1.29, 1.82) is 0 Å². The molecule has 0 amide bonds. The van der Waals surface area contributed by atoms with E-state index in [1.54, 1.807) is 0 Å². The molecule has 0 aromatic rings. The van der Waals surface area contributed by atoms with E-state index >= 15 is 0 Å². The first-order chi connectivity index (χ1) is 6.35. The van der Waals surface area contributed by atoms with E-state index < -0.39 is 16.0 Å². The third-order valence-corrected chi connectivity index (χ3v) is 3.00. The molecule has 1 fully saturated rings. The topological polar surface area (TPSA) is 83.5 Å². The summed E-state index contributed by atoms with van der Waals surface area (Å²) in [5.41, 5.74) is 0.176. The number of carboxylic acid groups (broad SMARTS) is 1. The Hall–Kier alpha value is -0.880. The molecule has 2 N–H and O–H groups in total. The second-order valence-electron chi connectivity index (χ2n) is 3.01. The van der Waals surface area contributed by atoms with Crippen LogP contribution in [0, 0.1) is 0 Å². The third-order valence-electron chi connectivity index (χ3n) is 1.53. The number of nitrogens with one attached hydrogen (secondary N) is 1. The highest BCUT2D eigenvalue weighted by Crippen LogP contribution is 1.99. The third kappa shape index (κ3) is 6.62. The number of sulfonamides is 1. The molecule has 1 saturated heterocycles. The standard InChI is InChI=1S/C4H9NO2S.C4H6O2/c6-8(7)4-2-1-3-5-8;1-3(2)4(5)6/h5H,1-4H2;1H2,2H3,(H,5,6). The van der Waals surface area contributed by atoms with E-state index in [0.29, 0.717) is 12.3 Å². The van der Waals surface area contributed by atoms with Crippen LogP contribution in [0.1, 0.15) is 19.8 Å². The van der Waals surface area contributed by atoms with Crippen LogP contribution in [-0.4, -0.2) is 31.8 Å². The molecule has 5 nitrogen and oxygen atoms in total. The highest BCUT2D eigenvalue weighted by molar-refractivity contribution is 7.89. The minimum absolute atomic E-state index is 0.176. The molecule has 0 bridgehead atoms. The average Bonchev–Trinajstić information content (AvgIpc) is 2.04. The van der Waals surface area contributed by atoms with Crippen molar-refractivity contribution in [3.05, 3.63) is 12.2 Å². The predicted octanol–water partition coefficient (Wildman–Crippen LogP) is 0.347. The van der Waals surface area contributed by atoms with Crippen molar-refractivity contribution in [2.45, 2.75) is 19.8 Å². The van der Waals surface area contributed by atoms with Gasteiger partial charge in [-0.2, -0.15) is 0 Å².